The third kappa shape index (κ3) is 2.43. The molecule has 1 aliphatic rings. The largest absolute Gasteiger partial charge is 0.481 e. The highest BCUT2D eigenvalue weighted by Gasteiger charge is 2.47. The van der Waals surface area contributed by atoms with E-state index in [0.29, 0.717) is 12.8 Å². The minimum Gasteiger partial charge on any atom is -0.481 e. The Morgan fingerprint density at radius 1 is 1.40 bits per heavy atom. The zero-order valence-corrected chi connectivity index (χ0v) is 11.9. The Morgan fingerprint density at radius 3 is 2.45 bits per heavy atom. The fourth-order valence-electron chi connectivity index (χ4n) is 2.41. The number of hydrogen-bond donors (Lipinski definition) is 1. The number of halogens is 1. The Labute approximate surface area is 117 Å². The summed E-state index contributed by atoms with van der Waals surface area (Å²) in [5.41, 5.74) is -1.02. The Hall–Kier alpha value is -1.47. The number of benzene rings is 1. The third-order valence-corrected chi connectivity index (χ3v) is 5.76. The molecule has 1 heterocycles. The van der Waals surface area contributed by atoms with Gasteiger partial charge in [-0.15, -0.1) is 0 Å². The molecule has 1 N–H and O–H groups in total. The maximum absolute atomic E-state index is 12.8. The molecule has 7 heteroatoms. The number of nitrogens with zero attached hydrogens (tertiary/aromatic N) is 1. The van der Waals surface area contributed by atoms with Gasteiger partial charge in [0.05, 0.1) is 10.3 Å². The minimum absolute atomic E-state index is 0.0174. The van der Waals surface area contributed by atoms with Crippen LogP contribution in [-0.4, -0.2) is 36.9 Å². The summed E-state index contributed by atoms with van der Waals surface area (Å²) >= 11 is 0. The van der Waals surface area contributed by atoms with Crippen molar-refractivity contribution in [1.82, 2.24) is 4.31 Å². The number of hydrogen-bond acceptors (Lipinski definition) is 3. The molecule has 0 radical (unpaired) electrons. The summed E-state index contributed by atoms with van der Waals surface area (Å²) in [5, 5.41) is 9.28. The van der Waals surface area contributed by atoms with E-state index in [1.54, 1.807) is 6.92 Å². The van der Waals surface area contributed by atoms with Crippen LogP contribution in [0.1, 0.15) is 19.8 Å². The zero-order valence-electron chi connectivity index (χ0n) is 11.0. The van der Waals surface area contributed by atoms with E-state index in [0.717, 1.165) is 16.4 Å². The number of sulfonamides is 1. The van der Waals surface area contributed by atoms with Crippen LogP contribution in [0.15, 0.2) is 29.2 Å². The predicted molar refractivity (Wildman–Crippen MR) is 70.1 cm³/mol. The maximum atomic E-state index is 12.8. The van der Waals surface area contributed by atoms with Crippen LogP contribution < -0.4 is 0 Å². The van der Waals surface area contributed by atoms with E-state index in [9.17, 15) is 22.7 Å². The second kappa shape index (κ2) is 5.14. The van der Waals surface area contributed by atoms with E-state index in [1.807, 2.05) is 0 Å². The standard InChI is InChI=1S/C13H16FNO4S/c1-2-13(12(16)17)7-8-15(9-13)20(18,19)11-5-3-10(14)4-6-11/h3-6H,2,7-9H2,1H3,(H,16,17). The molecule has 1 unspecified atom stereocenters. The van der Waals surface area contributed by atoms with Gasteiger partial charge >= 0.3 is 5.97 Å². The van der Waals surface area contributed by atoms with E-state index in [4.69, 9.17) is 0 Å². The topological polar surface area (TPSA) is 74.7 Å². The Morgan fingerprint density at radius 2 is 2.00 bits per heavy atom. The van der Waals surface area contributed by atoms with Crippen LogP contribution in [-0.2, 0) is 14.8 Å². The maximum Gasteiger partial charge on any atom is 0.311 e. The highest BCUT2D eigenvalue weighted by molar-refractivity contribution is 7.89. The summed E-state index contributed by atoms with van der Waals surface area (Å²) in [7, 11) is -3.77. The quantitative estimate of drug-likeness (QED) is 0.918. The second-order valence-electron chi connectivity index (χ2n) is 4.98. The number of carboxylic acid groups (broad SMARTS) is 1. The van der Waals surface area contributed by atoms with Gasteiger partial charge in [-0.05, 0) is 37.1 Å². The van der Waals surface area contributed by atoms with Crippen molar-refractivity contribution < 1.29 is 22.7 Å². The van der Waals surface area contributed by atoms with Gasteiger partial charge in [0.1, 0.15) is 5.82 Å². The van der Waals surface area contributed by atoms with E-state index >= 15 is 0 Å². The molecule has 1 aromatic carbocycles. The summed E-state index contributed by atoms with van der Waals surface area (Å²) in [6.07, 6.45) is 0.664. The molecule has 0 amide bonds. The summed E-state index contributed by atoms with van der Waals surface area (Å²) in [6, 6.07) is 4.54. The molecule has 1 atom stereocenters. The Bertz CT molecular complexity index is 614. The first-order valence-electron chi connectivity index (χ1n) is 6.31. The van der Waals surface area contributed by atoms with Gasteiger partial charge in [-0.1, -0.05) is 6.92 Å². The molecule has 0 aromatic heterocycles. The molecule has 0 saturated carbocycles. The van der Waals surface area contributed by atoms with Crippen molar-refractivity contribution in [2.24, 2.45) is 5.41 Å². The summed E-state index contributed by atoms with van der Waals surface area (Å²) < 4.78 is 38.8. The van der Waals surface area contributed by atoms with Gasteiger partial charge in [-0.25, -0.2) is 12.8 Å². The SMILES string of the molecule is CCC1(C(=O)O)CCN(S(=O)(=O)c2ccc(F)cc2)C1. The van der Waals surface area contributed by atoms with Gasteiger partial charge in [0.25, 0.3) is 0 Å². The van der Waals surface area contributed by atoms with E-state index in [2.05, 4.69) is 0 Å². The first-order valence-corrected chi connectivity index (χ1v) is 7.75. The van der Waals surface area contributed by atoms with Crippen molar-refractivity contribution in [2.75, 3.05) is 13.1 Å². The monoisotopic (exact) mass is 301 g/mol. The van der Waals surface area contributed by atoms with Gasteiger partial charge in [0.15, 0.2) is 0 Å². The lowest BCUT2D eigenvalue weighted by Crippen LogP contribution is -2.36. The van der Waals surface area contributed by atoms with Crippen LogP contribution in [0.4, 0.5) is 4.39 Å². The molecule has 1 saturated heterocycles. The second-order valence-corrected chi connectivity index (χ2v) is 6.92. The van der Waals surface area contributed by atoms with Gasteiger partial charge in [0, 0.05) is 13.1 Å². The number of carbonyl (C=O) groups is 1. The first kappa shape index (κ1) is 14.9. The molecular formula is C13H16FNO4S. The fraction of sp³-hybridized carbons (Fsp3) is 0.462. The van der Waals surface area contributed by atoms with Gasteiger partial charge in [-0.3, -0.25) is 4.79 Å². The fourth-order valence-corrected chi connectivity index (χ4v) is 3.94. The lowest BCUT2D eigenvalue weighted by molar-refractivity contribution is -0.148. The molecule has 0 aliphatic carbocycles. The van der Waals surface area contributed by atoms with Crippen molar-refractivity contribution in [3.63, 3.8) is 0 Å². The van der Waals surface area contributed by atoms with Crippen molar-refractivity contribution in [3.05, 3.63) is 30.1 Å². The molecule has 5 nitrogen and oxygen atoms in total. The molecule has 2 rings (SSSR count). The van der Waals surface area contributed by atoms with Crippen LogP contribution in [0, 0.1) is 11.2 Å². The number of carboxylic acids is 1. The highest BCUT2D eigenvalue weighted by Crippen LogP contribution is 2.36. The van der Waals surface area contributed by atoms with Crippen LogP contribution in [0.2, 0.25) is 0 Å². The molecule has 0 spiro atoms. The highest BCUT2D eigenvalue weighted by atomic mass is 32.2. The molecule has 1 fully saturated rings. The molecule has 1 aromatic rings. The minimum atomic E-state index is -3.77. The first-order chi connectivity index (χ1) is 9.32. The lowest BCUT2D eigenvalue weighted by atomic mass is 9.85. The number of rotatable bonds is 4. The zero-order chi connectivity index (χ0) is 15.0. The molecular weight excluding hydrogens is 285 g/mol. The average Bonchev–Trinajstić information content (AvgIpc) is 2.85. The van der Waals surface area contributed by atoms with E-state index in [-0.39, 0.29) is 18.0 Å². The van der Waals surface area contributed by atoms with Crippen LogP contribution in [0.25, 0.3) is 0 Å². The summed E-state index contributed by atoms with van der Waals surface area (Å²) in [6.45, 7) is 1.86. The molecule has 0 bridgehead atoms. The van der Waals surface area contributed by atoms with E-state index < -0.39 is 27.2 Å². The average molecular weight is 301 g/mol. The Kier molecular flexibility index (Phi) is 3.84. The van der Waals surface area contributed by atoms with Gasteiger partial charge in [-0.2, -0.15) is 4.31 Å². The predicted octanol–water partition coefficient (Wildman–Crippen LogP) is 1.70. The summed E-state index contributed by atoms with van der Waals surface area (Å²) in [4.78, 5) is 11.3. The Balaban J connectivity index is 2.29. The van der Waals surface area contributed by atoms with Crippen LogP contribution in [0.3, 0.4) is 0 Å². The third-order valence-electron chi connectivity index (χ3n) is 3.90. The van der Waals surface area contributed by atoms with Crippen molar-refractivity contribution in [2.45, 2.75) is 24.7 Å². The molecule has 110 valence electrons. The lowest BCUT2D eigenvalue weighted by Gasteiger charge is -2.22. The normalized spacial score (nSPS) is 23.9. The van der Waals surface area contributed by atoms with Gasteiger partial charge < -0.3 is 5.11 Å². The van der Waals surface area contributed by atoms with Crippen LogP contribution >= 0.6 is 0 Å². The molecule has 20 heavy (non-hydrogen) atoms. The molecule has 1 aliphatic heterocycles. The van der Waals surface area contributed by atoms with Crippen molar-refractivity contribution in [1.29, 1.82) is 0 Å². The van der Waals surface area contributed by atoms with E-state index in [1.165, 1.54) is 12.1 Å². The summed E-state index contributed by atoms with van der Waals surface area (Å²) in [5.74, 6) is -1.49. The van der Waals surface area contributed by atoms with Crippen LogP contribution in [0.5, 0.6) is 0 Å². The number of aliphatic carboxylic acids is 1. The van der Waals surface area contributed by atoms with Gasteiger partial charge in [0.2, 0.25) is 10.0 Å². The van der Waals surface area contributed by atoms with Crippen molar-refractivity contribution in [3.8, 4) is 0 Å². The van der Waals surface area contributed by atoms with Crippen molar-refractivity contribution >= 4 is 16.0 Å². The smallest absolute Gasteiger partial charge is 0.311 e.